The van der Waals surface area contributed by atoms with Crippen LogP contribution >= 0.6 is 0 Å². The molecular weight excluding hydrogens is 246 g/mol. The third kappa shape index (κ3) is 6.95. The lowest BCUT2D eigenvalue weighted by Crippen LogP contribution is -2.08. The molecule has 1 aliphatic rings. The van der Waals surface area contributed by atoms with Crippen molar-refractivity contribution in [3.05, 3.63) is 36.1 Å². The number of hydrogen-bond acceptors (Lipinski definition) is 2. The van der Waals surface area contributed by atoms with Crippen LogP contribution in [0.5, 0.6) is 0 Å². The Bertz CT molecular complexity index is 322. The zero-order valence-corrected chi connectivity index (χ0v) is 13.1. The monoisotopic (exact) mass is 277 g/mol. The van der Waals surface area contributed by atoms with E-state index in [1.807, 2.05) is 19.1 Å². The van der Waals surface area contributed by atoms with Crippen LogP contribution in [-0.2, 0) is 4.74 Å². The van der Waals surface area contributed by atoms with Crippen LogP contribution in [0, 0.1) is 5.92 Å². The molecule has 1 aliphatic carbocycles. The van der Waals surface area contributed by atoms with Crippen LogP contribution in [-0.4, -0.2) is 13.2 Å². The zero-order valence-electron chi connectivity index (χ0n) is 13.1. The van der Waals surface area contributed by atoms with Crippen LogP contribution < -0.4 is 5.73 Å². The number of rotatable bonds is 8. The molecule has 0 aromatic rings. The van der Waals surface area contributed by atoms with E-state index in [0.29, 0.717) is 0 Å². The van der Waals surface area contributed by atoms with E-state index >= 15 is 0 Å². The maximum atomic E-state index is 6.00. The van der Waals surface area contributed by atoms with Gasteiger partial charge in [0.1, 0.15) is 5.76 Å². The first kappa shape index (κ1) is 17.0. The van der Waals surface area contributed by atoms with Gasteiger partial charge in [-0.3, -0.25) is 0 Å². The highest BCUT2D eigenvalue weighted by atomic mass is 16.5. The summed E-state index contributed by atoms with van der Waals surface area (Å²) in [5.41, 5.74) is 6.77. The minimum Gasteiger partial charge on any atom is -0.494 e. The largest absolute Gasteiger partial charge is 0.494 e. The van der Waals surface area contributed by atoms with Crippen molar-refractivity contribution < 1.29 is 4.74 Å². The molecule has 1 fully saturated rings. The fourth-order valence-corrected chi connectivity index (χ4v) is 2.68. The second kappa shape index (κ2) is 10.7. The fourth-order valence-electron chi connectivity index (χ4n) is 2.68. The van der Waals surface area contributed by atoms with Gasteiger partial charge >= 0.3 is 0 Å². The molecule has 0 bridgehead atoms. The molecule has 0 heterocycles. The average Bonchev–Trinajstić information content (AvgIpc) is 2.75. The van der Waals surface area contributed by atoms with Gasteiger partial charge in [0.25, 0.3) is 0 Å². The van der Waals surface area contributed by atoms with Crippen LogP contribution in [0.3, 0.4) is 0 Å². The third-order valence-electron chi connectivity index (χ3n) is 4.00. The van der Waals surface area contributed by atoms with Crippen molar-refractivity contribution in [1.82, 2.24) is 0 Å². The van der Waals surface area contributed by atoms with E-state index in [2.05, 4.69) is 12.7 Å². The predicted molar refractivity (Wildman–Crippen MR) is 87.5 cm³/mol. The van der Waals surface area contributed by atoms with Crippen molar-refractivity contribution in [3.8, 4) is 0 Å². The highest BCUT2D eigenvalue weighted by Crippen LogP contribution is 2.24. The fraction of sp³-hybridized carbons (Fsp3) is 0.667. The lowest BCUT2D eigenvalue weighted by Gasteiger charge is -2.16. The second-order valence-corrected chi connectivity index (χ2v) is 5.68. The summed E-state index contributed by atoms with van der Waals surface area (Å²) in [6.45, 7) is 7.48. The molecule has 0 radical (unpaired) electrons. The first-order valence-electron chi connectivity index (χ1n) is 8.12. The molecule has 0 aliphatic heterocycles. The Morgan fingerprint density at radius 2 is 1.95 bits per heavy atom. The zero-order chi connectivity index (χ0) is 14.6. The van der Waals surface area contributed by atoms with E-state index in [1.54, 1.807) is 0 Å². The van der Waals surface area contributed by atoms with E-state index in [-0.39, 0.29) is 0 Å². The van der Waals surface area contributed by atoms with Crippen LogP contribution in [0.4, 0.5) is 0 Å². The molecule has 1 rings (SSSR count). The molecule has 2 heteroatoms. The highest BCUT2D eigenvalue weighted by Gasteiger charge is 2.13. The first-order valence-corrected chi connectivity index (χ1v) is 8.12. The minimum absolute atomic E-state index is 0.722. The van der Waals surface area contributed by atoms with Gasteiger partial charge in [0.15, 0.2) is 0 Å². The summed E-state index contributed by atoms with van der Waals surface area (Å²) in [7, 11) is 0. The molecule has 0 atom stereocenters. The van der Waals surface area contributed by atoms with Gasteiger partial charge in [0, 0.05) is 0 Å². The van der Waals surface area contributed by atoms with Gasteiger partial charge in [-0.15, -0.1) is 0 Å². The molecule has 2 nitrogen and oxygen atoms in total. The van der Waals surface area contributed by atoms with Crippen molar-refractivity contribution in [3.63, 3.8) is 0 Å². The Hall–Kier alpha value is -1.02. The number of allylic oxidation sites excluding steroid dienone is 4. The Labute approximate surface area is 124 Å². The predicted octanol–water partition coefficient (Wildman–Crippen LogP) is 4.73. The summed E-state index contributed by atoms with van der Waals surface area (Å²) >= 11 is 0. The lowest BCUT2D eigenvalue weighted by molar-refractivity contribution is 0.164. The topological polar surface area (TPSA) is 35.2 Å². The maximum absolute atomic E-state index is 6.00. The molecule has 1 saturated carbocycles. The quantitative estimate of drug-likeness (QED) is 0.395. The number of nitrogens with two attached hydrogens (primary N) is 1. The van der Waals surface area contributed by atoms with E-state index in [9.17, 15) is 0 Å². The van der Waals surface area contributed by atoms with Crippen LogP contribution in [0.2, 0.25) is 0 Å². The first-order chi connectivity index (χ1) is 9.80. The van der Waals surface area contributed by atoms with Crippen LogP contribution in [0.15, 0.2) is 36.1 Å². The number of hydrogen-bond donors (Lipinski definition) is 1. The van der Waals surface area contributed by atoms with Crippen molar-refractivity contribution in [2.75, 3.05) is 13.2 Å². The molecule has 0 amide bonds. The molecule has 2 N–H and O–H groups in total. The van der Waals surface area contributed by atoms with Gasteiger partial charge in [-0.25, -0.2) is 0 Å². The van der Waals surface area contributed by atoms with Crippen molar-refractivity contribution >= 4 is 0 Å². The summed E-state index contributed by atoms with van der Waals surface area (Å²) in [6.07, 6.45) is 16.2. The van der Waals surface area contributed by atoms with Crippen LogP contribution in [0.1, 0.15) is 58.3 Å². The second-order valence-electron chi connectivity index (χ2n) is 5.68. The molecule has 114 valence electrons. The highest BCUT2D eigenvalue weighted by molar-refractivity contribution is 5.25. The average molecular weight is 277 g/mol. The smallest absolute Gasteiger partial charge is 0.115 e. The van der Waals surface area contributed by atoms with Gasteiger partial charge in [0.2, 0.25) is 0 Å². The molecule has 0 aromatic carbocycles. The summed E-state index contributed by atoms with van der Waals surface area (Å²) < 4.78 is 6.00. The van der Waals surface area contributed by atoms with Crippen molar-refractivity contribution in [2.24, 2.45) is 11.7 Å². The van der Waals surface area contributed by atoms with E-state index < -0.39 is 0 Å². The Morgan fingerprint density at radius 1 is 1.25 bits per heavy atom. The maximum Gasteiger partial charge on any atom is 0.115 e. The van der Waals surface area contributed by atoms with Crippen molar-refractivity contribution in [2.45, 2.75) is 58.3 Å². The Balaban J connectivity index is 2.45. The van der Waals surface area contributed by atoms with E-state index in [1.165, 1.54) is 44.1 Å². The molecular formula is C18H31NO. The summed E-state index contributed by atoms with van der Waals surface area (Å²) in [6, 6.07) is 0. The standard InChI is InChI=1S/C18H31NO/c1-3-16(12-9-13-19)14-18(4-2)20-15-17-10-7-5-6-8-11-17/h3-4,14,17H,1,5-13,15,19H2,2H3/b16-14+,18-4+. The molecule has 0 saturated heterocycles. The summed E-state index contributed by atoms with van der Waals surface area (Å²) in [4.78, 5) is 0. The third-order valence-corrected chi connectivity index (χ3v) is 4.00. The van der Waals surface area contributed by atoms with E-state index in [4.69, 9.17) is 10.5 Å². The van der Waals surface area contributed by atoms with Gasteiger partial charge in [-0.2, -0.15) is 0 Å². The molecule has 0 spiro atoms. The van der Waals surface area contributed by atoms with Crippen molar-refractivity contribution in [1.29, 1.82) is 0 Å². The van der Waals surface area contributed by atoms with Gasteiger partial charge < -0.3 is 10.5 Å². The van der Waals surface area contributed by atoms with E-state index in [0.717, 1.165) is 37.7 Å². The van der Waals surface area contributed by atoms with Gasteiger partial charge in [-0.05, 0) is 62.8 Å². The molecule has 0 aromatic heterocycles. The summed E-state index contributed by atoms with van der Waals surface area (Å²) in [5.74, 6) is 1.71. The summed E-state index contributed by atoms with van der Waals surface area (Å²) in [5, 5.41) is 0. The van der Waals surface area contributed by atoms with Gasteiger partial charge in [0.05, 0.1) is 6.61 Å². The Morgan fingerprint density at radius 3 is 2.50 bits per heavy atom. The van der Waals surface area contributed by atoms with Gasteiger partial charge in [-0.1, -0.05) is 38.3 Å². The molecule has 0 unspecified atom stereocenters. The molecule has 20 heavy (non-hydrogen) atoms. The van der Waals surface area contributed by atoms with Crippen LogP contribution in [0.25, 0.3) is 0 Å². The number of ether oxygens (including phenoxy) is 1. The normalized spacial score (nSPS) is 18.7. The minimum atomic E-state index is 0.722. The lowest BCUT2D eigenvalue weighted by atomic mass is 10.0. The Kier molecular flexibility index (Phi) is 9.14. The SMILES string of the molecule is C=C/C(=C\C(=C/C)OCC1CCCCCC1)CCCN.